The van der Waals surface area contributed by atoms with E-state index in [1.165, 1.54) is 48.4 Å². The lowest BCUT2D eigenvalue weighted by atomic mass is 10.2. The van der Waals surface area contributed by atoms with Gasteiger partial charge in [-0.1, -0.05) is 24.3 Å². The molecule has 12 heteroatoms. The molecule has 0 fully saturated rings. The number of amides is 3. The van der Waals surface area contributed by atoms with Gasteiger partial charge in [0.25, 0.3) is 11.8 Å². The fourth-order valence-electron chi connectivity index (χ4n) is 3.53. The van der Waals surface area contributed by atoms with Crippen LogP contribution in [-0.4, -0.2) is 31.4 Å². The first kappa shape index (κ1) is 29.3. The quantitative estimate of drug-likeness (QED) is 0.157. The van der Waals surface area contributed by atoms with Gasteiger partial charge in [-0.3, -0.25) is 14.4 Å². The highest BCUT2D eigenvalue weighted by molar-refractivity contribution is 8.00. The number of anilines is 2. The molecule has 1 atom stereocenters. The third-order valence-corrected chi connectivity index (χ3v) is 7.61. The van der Waals surface area contributed by atoms with Crippen molar-refractivity contribution in [2.45, 2.75) is 22.0 Å². The molecule has 0 spiro atoms. The van der Waals surface area contributed by atoms with Crippen LogP contribution in [-0.2, 0) is 19.6 Å². The molecule has 0 saturated carbocycles. The number of benzene rings is 3. The number of carbonyl (C=O) groups excluding carboxylic acids is 3. The molecule has 41 heavy (non-hydrogen) atoms. The SMILES string of the molecule is CC(Sc1cccc(NC(=O)/C(=C/c2ccco2)NC(=O)c2ccccc2)c1)C(=O)Nc1ccc(S(N)(=O)=O)cc1. The number of primary sulfonamides is 1. The van der Waals surface area contributed by atoms with Crippen LogP contribution in [0.25, 0.3) is 6.08 Å². The molecule has 3 amide bonds. The molecule has 1 heterocycles. The molecule has 0 bridgehead atoms. The smallest absolute Gasteiger partial charge is 0.272 e. The molecule has 4 aromatic rings. The Morgan fingerprint density at radius 2 is 1.61 bits per heavy atom. The van der Waals surface area contributed by atoms with Crippen LogP contribution >= 0.6 is 11.8 Å². The molecule has 3 aromatic carbocycles. The molecular weight excluding hydrogens is 564 g/mol. The van der Waals surface area contributed by atoms with Crippen molar-refractivity contribution in [3.05, 3.63) is 114 Å². The van der Waals surface area contributed by atoms with Crippen LogP contribution in [0, 0.1) is 0 Å². The molecule has 0 aliphatic heterocycles. The highest BCUT2D eigenvalue weighted by atomic mass is 32.2. The normalized spacial score (nSPS) is 12.3. The second kappa shape index (κ2) is 13.1. The molecular formula is C29H26N4O6S2. The Bertz CT molecular complexity index is 1670. The average Bonchev–Trinajstić information content (AvgIpc) is 3.46. The fourth-order valence-corrected chi connectivity index (χ4v) is 4.97. The Kier molecular flexibility index (Phi) is 9.40. The van der Waals surface area contributed by atoms with Crippen molar-refractivity contribution in [1.82, 2.24) is 5.32 Å². The van der Waals surface area contributed by atoms with Gasteiger partial charge in [0, 0.05) is 27.9 Å². The third-order valence-electron chi connectivity index (χ3n) is 5.58. The molecule has 10 nitrogen and oxygen atoms in total. The second-order valence-electron chi connectivity index (χ2n) is 8.69. The lowest BCUT2D eigenvalue weighted by Gasteiger charge is -2.14. The van der Waals surface area contributed by atoms with E-state index in [9.17, 15) is 22.8 Å². The number of nitrogens with one attached hydrogen (secondary N) is 3. The second-order valence-corrected chi connectivity index (χ2v) is 11.7. The lowest BCUT2D eigenvalue weighted by Crippen LogP contribution is -2.30. The van der Waals surface area contributed by atoms with E-state index in [1.54, 1.807) is 73.7 Å². The highest BCUT2D eigenvalue weighted by Crippen LogP contribution is 2.27. The van der Waals surface area contributed by atoms with Crippen LogP contribution in [0.4, 0.5) is 11.4 Å². The van der Waals surface area contributed by atoms with Crippen molar-refractivity contribution in [1.29, 1.82) is 0 Å². The minimum absolute atomic E-state index is 0.0203. The molecule has 1 unspecified atom stereocenters. The summed E-state index contributed by atoms with van der Waals surface area (Å²) in [5.74, 6) is -0.949. The zero-order valence-corrected chi connectivity index (χ0v) is 23.4. The Morgan fingerprint density at radius 1 is 0.878 bits per heavy atom. The number of furan rings is 1. The van der Waals surface area contributed by atoms with Crippen molar-refractivity contribution in [2.24, 2.45) is 5.14 Å². The van der Waals surface area contributed by atoms with Gasteiger partial charge in [-0.15, -0.1) is 11.8 Å². The standard InChI is InChI=1S/C29H26N4O6S2/c1-19(27(34)31-21-12-14-25(15-13-21)41(30,37)38)40-24-11-5-9-22(17-24)32-29(36)26(18-23-10-6-16-39-23)33-28(35)20-7-3-2-4-8-20/h2-19H,1H3,(H,31,34)(H,32,36)(H,33,35)(H2,30,37,38)/b26-18-. The summed E-state index contributed by atoms with van der Waals surface area (Å²) >= 11 is 1.26. The minimum Gasteiger partial charge on any atom is -0.465 e. The predicted molar refractivity (Wildman–Crippen MR) is 157 cm³/mol. The van der Waals surface area contributed by atoms with Gasteiger partial charge in [0.05, 0.1) is 16.4 Å². The molecule has 5 N–H and O–H groups in total. The molecule has 210 valence electrons. The van der Waals surface area contributed by atoms with Crippen LogP contribution in [0.2, 0.25) is 0 Å². The molecule has 0 aliphatic carbocycles. The number of carbonyl (C=O) groups is 3. The van der Waals surface area contributed by atoms with Gasteiger partial charge in [0.2, 0.25) is 15.9 Å². The number of sulfonamides is 1. The summed E-state index contributed by atoms with van der Waals surface area (Å²) in [5, 5.41) is 12.7. The number of thioether (sulfide) groups is 1. The summed E-state index contributed by atoms with van der Waals surface area (Å²) in [4.78, 5) is 39.3. The molecule has 0 radical (unpaired) electrons. The summed E-state index contributed by atoms with van der Waals surface area (Å²) in [6, 6.07) is 24.3. The van der Waals surface area contributed by atoms with E-state index in [2.05, 4.69) is 16.0 Å². The average molecular weight is 591 g/mol. The number of hydrogen-bond acceptors (Lipinski definition) is 7. The zero-order valence-electron chi connectivity index (χ0n) is 21.7. The van der Waals surface area contributed by atoms with Crippen LogP contribution in [0.1, 0.15) is 23.0 Å². The van der Waals surface area contributed by atoms with E-state index in [0.717, 1.165) is 0 Å². The summed E-state index contributed by atoms with van der Waals surface area (Å²) in [6.45, 7) is 1.72. The first-order chi connectivity index (χ1) is 19.6. The molecule has 4 rings (SSSR count). The zero-order chi connectivity index (χ0) is 29.4. The Hall–Kier alpha value is -4.65. The van der Waals surface area contributed by atoms with Crippen molar-refractivity contribution in [3.8, 4) is 0 Å². The van der Waals surface area contributed by atoms with Crippen molar-refractivity contribution in [3.63, 3.8) is 0 Å². The van der Waals surface area contributed by atoms with Crippen molar-refractivity contribution >= 4 is 57.0 Å². The summed E-state index contributed by atoms with van der Waals surface area (Å²) in [6.07, 6.45) is 2.88. The van der Waals surface area contributed by atoms with E-state index in [0.29, 0.717) is 27.6 Å². The van der Waals surface area contributed by atoms with E-state index in [4.69, 9.17) is 9.56 Å². The van der Waals surface area contributed by atoms with Gasteiger partial charge >= 0.3 is 0 Å². The van der Waals surface area contributed by atoms with Gasteiger partial charge in [-0.2, -0.15) is 0 Å². The van der Waals surface area contributed by atoms with Crippen LogP contribution in [0.15, 0.2) is 117 Å². The van der Waals surface area contributed by atoms with E-state index in [-0.39, 0.29) is 16.5 Å². The van der Waals surface area contributed by atoms with E-state index < -0.39 is 27.1 Å². The largest absolute Gasteiger partial charge is 0.465 e. The molecule has 1 aromatic heterocycles. The number of rotatable bonds is 10. The Morgan fingerprint density at radius 3 is 2.27 bits per heavy atom. The van der Waals surface area contributed by atoms with Crippen LogP contribution < -0.4 is 21.1 Å². The van der Waals surface area contributed by atoms with Gasteiger partial charge in [-0.05, 0) is 73.7 Å². The van der Waals surface area contributed by atoms with Gasteiger partial charge in [0.15, 0.2) is 0 Å². The maximum atomic E-state index is 13.2. The van der Waals surface area contributed by atoms with E-state index >= 15 is 0 Å². The highest BCUT2D eigenvalue weighted by Gasteiger charge is 2.18. The first-order valence-corrected chi connectivity index (χ1v) is 14.6. The fraction of sp³-hybridized carbons (Fsp3) is 0.0690. The van der Waals surface area contributed by atoms with Crippen molar-refractivity contribution < 1.29 is 27.2 Å². The monoisotopic (exact) mass is 590 g/mol. The topological polar surface area (TPSA) is 161 Å². The number of nitrogens with two attached hydrogens (primary N) is 1. The minimum atomic E-state index is -3.83. The summed E-state index contributed by atoms with van der Waals surface area (Å²) in [7, 11) is -3.83. The number of hydrogen-bond donors (Lipinski definition) is 4. The summed E-state index contributed by atoms with van der Waals surface area (Å²) in [5.41, 5.74) is 1.24. The first-order valence-electron chi connectivity index (χ1n) is 12.2. The van der Waals surface area contributed by atoms with Gasteiger partial charge in [0.1, 0.15) is 11.5 Å². The van der Waals surface area contributed by atoms with Crippen LogP contribution in [0.3, 0.4) is 0 Å². The van der Waals surface area contributed by atoms with E-state index in [1.807, 2.05) is 0 Å². The predicted octanol–water partition coefficient (Wildman–Crippen LogP) is 4.46. The van der Waals surface area contributed by atoms with Crippen molar-refractivity contribution in [2.75, 3.05) is 10.6 Å². The Labute approximate surface area is 241 Å². The lowest BCUT2D eigenvalue weighted by molar-refractivity contribution is -0.115. The third kappa shape index (κ3) is 8.42. The Balaban J connectivity index is 1.42. The maximum absolute atomic E-state index is 13.2. The maximum Gasteiger partial charge on any atom is 0.272 e. The summed E-state index contributed by atoms with van der Waals surface area (Å²) < 4.78 is 28.2. The van der Waals surface area contributed by atoms with Crippen LogP contribution in [0.5, 0.6) is 0 Å². The van der Waals surface area contributed by atoms with Gasteiger partial charge in [-0.25, -0.2) is 13.6 Å². The van der Waals surface area contributed by atoms with Gasteiger partial charge < -0.3 is 20.4 Å². The molecule has 0 aliphatic rings. The molecule has 0 saturated heterocycles.